The molecule has 4 aromatic carbocycles. The maximum absolute atomic E-state index is 12.4. The molecule has 0 heterocycles. The van der Waals surface area contributed by atoms with Crippen molar-refractivity contribution in [1.82, 2.24) is 10.6 Å². The lowest BCUT2D eigenvalue weighted by Gasteiger charge is -2.14. The highest BCUT2D eigenvalue weighted by molar-refractivity contribution is 6.11. The third-order valence-corrected chi connectivity index (χ3v) is 4.99. The highest BCUT2D eigenvalue weighted by atomic mass is 16.2. The van der Waals surface area contributed by atoms with E-state index in [0.29, 0.717) is 11.1 Å². The minimum absolute atomic E-state index is 0.140. The Balaban J connectivity index is 2.11. The molecule has 0 fully saturated rings. The minimum Gasteiger partial charge on any atom is -0.355 e. The van der Waals surface area contributed by atoms with Crippen LogP contribution in [0.3, 0.4) is 0 Å². The molecule has 0 aliphatic heterocycles. The molecule has 4 aromatic rings. The number of hydrogen-bond donors (Lipinski definition) is 2. The molecule has 4 nitrogen and oxygen atoms in total. The standard InChI is InChI=1S/C24H20N2O2/c1-25-23(27)17-11-15-7-3-5-9-19(15)21(13-17)22-14-18(24(28)26-2)12-16-8-4-6-10-20(16)22/h3-14H,1-2H3,(H,25,27)(H,26,28). The van der Waals surface area contributed by atoms with E-state index in [0.717, 1.165) is 32.7 Å². The van der Waals surface area contributed by atoms with Gasteiger partial charge in [0.05, 0.1) is 0 Å². The fraction of sp³-hybridized carbons (Fsp3) is 0.0833. The van der Waals surface area contributed by atoms with Gasteiger partial charge < -0.3 is 10.6 Å². The van der Waals surface area contributed by atoms with Gasteiger partial charge in [-0.15, -0.1) is 0 Å². The fourth-order valence-electron chi connectivity index (χ4n) is 3.62. The van der Waals surface area contributed by atoms with Crippen LogP contribution in [-0.4, -0.2) is 25.9 Å². The number of carbonyl (C=O) groups is 2. The van der Waals surface area contributed by atoms with Crippen LogP contribution in [0.4, 0.5) is 0 Å². The first-order valence-corrected chi connectivity index (χ1v) is 9.12. The van der Waals surface area contributed by atoms with Crippen LogP contribution in [0.1, 0.15) is 20.7 Å². The highest BCUT2D eigenvalue weighted by Gasteiger charge is 2.15. The third kappa shape index (κ3) is 2.99. The molecule has 0 aromatic heterocycles. The molecule has 28 heavy (non-hydrogen) atoms. The number of hydrogen-bond acceptors (Lipinski definition) is 2. The first kappa shape index (κ1) is 17.7. The number of nitrogens with one attached hydrogen (secondary N) is 2. The van der Waals surface area contributed by atoms with E-state index < -0.39 is 0 Å². The minimum atomic E-state index is -0.140. The van der Waals surface area contributed by atoms with Gasteiger partial charge in [-0.2, -0.15) is 0 Å². The SMILES string of the molecule is CNC(=O)c1cc(-c2cc(C(=O)NC)cc3ccccc23)c2ccccc2c1. The van der Waals surface area contributed by atoms with E-state index in [4.69, 9.17) is 0 Å². The second-order valence-corrected chi connectivity index (χ2v) is 6.65. The van der Waals surface area contributed by atoms with E-state index in [1.165, 1.54) is 0 Å². The average Bonchev–Trinajstić information content (AvgIpc) is 2.76. The van der Waals surface area contributed by atoms with Crippen molar-refractivity contribution in [3.05, 3.63) is 83.9 Å². The summed E-state index contributed by atoms with van der Waals surface area (Å²) in [6.45, 7) is 0. The van der Waals surface area contributed by atoms with Gasteiger partial charge in [-0.05, 0) is 56.9 Å². The van der Waals surface area contributed by atoms with Crippen molar-refractivity contribution in [1.29, 1.82) is 0 Å². The summed E-state index contributed by atoms with van der Waals surface area (Å²) in [5.74, 6) is -0.280. The topological polar surface area (TPSA) is 58.2 Å². The molecule has 0 saturated heterocycles. The molecule has 2 amide bonds. The number of fused-ring (bicyclic) bond motifs is 2. The van der Waals surface area contributed by atoms with Crippen molar-refractivity contribution in [2.45, 2.75) is 0 Å². The molecule has 0 saturated carbocycles. The molecule has 0 aliphatic carbocycles. The molecule has 0 bridgehead atoms. The Hall–Kier alpha value is -3.66. The van der Waals surface area contributed by atoms with E-state index in [2.05, 4.69) is 10.6 Å². The van der Waals surface area contributed by atoms with E-state index in [1.807, 2.05) is 72.8 Å². The summed E-state index contributed by atoms with van der Waals surface area (Å²) in [6.07, 6.45) is 0. The number of amides is 2. The van der Waals surface area contributed by atoms with Crippen molar-refractivity contribution in [2.75, 3.05) is 14.1 Å². The third-order valence-electron chi connectivity index (χ3n) is 4.99. The molecule has 4 rings (SSSR count). The van der Waals surface area contributed by atoms with E-state index in [9.17, 15) is 9.59 Å². The Labute approximate surface area is 163 Å². The van der Waals surface area contributed by atoms with E-state index in [-0.39, 0.29) is 11.8 Å². The molecule has 4 heteroatoms. The summed E-state index contributed by atoms with van der Waals surface area (Å²) in [7, 11) is 3.25. The lowest BCUT2D eigenvalue weighted by molar-refractivity contribution is 0.0955. The average molecular weight is 368 g/mol. The van der Waals surface area contributed by atoms with Crippen molar-refractivity contribution >= 4 is 33.4 Å². The van der Waals surface area contributed by atoms with Crippen LogP contribution in [0.5, 0.6) is 0 Å². The van der Waals surface area contributed by atoms with Gasteiger partial charge in [0.25, 0.3) is 11.8 Å². The van der Waals surface area contributed by atoms with Crippen LogP contribution in [-0.2, 0) is 0 Å². The van der Waals surface area contributed by atoms with E-state index >= 15 is 0 Å². The fourth-order valence-corrected chi connectivity index (χ4v) is 3.62. The Morgan fingerprint density at radius 1 is 0.607 bits per heavy atom. The van der Waals surface area contributed by atoms with Crippen LogP contribution < -0.4 is 10.6 Å². The molecule has 0 atom stereocenters. The monoisotopic (exact) mass is 368 g/mol. The van der Waals surface area contributed by atoms with Crippen LogP contribution in [0, 0.1) is 0 Å². The Morgan fingerprint density at radius 2 is 1.00 bits per heavy atom. The lowest BCUT2D eigenvalue weighted by Crippen LogP contribution is -2.18. The highest BCUT2D eigenvalue weighted by Crippen LogP contribution is 2.36. The van der Waals surface area contributed by atoms with Gasteiger partial charge in [0.1, 0.15) is 0 Å². The van der Waals surface area contributed by atoms with Gasteiger partial charge in [0.15, 0.2) is 0 Å². The molecular formula is C24H20N2O2. The van der Waals surface area contributed by atoms with Gasteiger partial charge in [-0.1, -0.05) is 48.5 Å². The summed E-state index contributed by atoms with van der Waals surface area (Å²) >= 11 is 0. The lowest BCUT2D eigenvalue weighted by atomic mass is 9.90. The Bertz CT molecular complexity index is 1130. The summed E-state index contributed by atoms with van der Waals surface area (Å²) in [5, 5.41) is 9.43. The van der Waals surface area contributed by atoms with Crippen molar-refractivity contribution < 1.29 is 9.59 Å². The van der Waals surface area contributed by atoms with Gasteiger partial charge in [0.2, 0.25) is 0 Å². The van der Waals surface area contributed by atoms with Crippen molar-refractivity contribution in [2.24, 2.45) is 0 Å². The quantitative estimate of drug-likeness (QED) is 0.564. The second kappa shape index (κ2) is 7.16. The Kier molecular flexibility index (Phi) is 4.53. The molecule has 0 radical (unpaired) electrons. The zero-order valence-electron chi connectivity index (χ0n) is 15.7. The molecule has 2 N–H and O–H groups in total. The predicted octanol–water partition coefficient (Wildman–Crippen LogP) is 4.38. The van der Waals surface area contributed by atoms with Crippen molar-refractivity contribution in [3.63, 3.8) is 0 Å². The summed E-state index contributed by atoms with van der Waals surface area (Å²) in [6, 6.07) is 23.5. The smallest absolute Gasteiger partial charge is 0.251 e. The second-order valence-electron chi connectivity index (χ2n) is 6.65. The number of benzene rings is 4. The van der Waals surface area contributed by atoms with E-state index in [1.54, 1.807) is 14.1 Å². The molecule has 0 unspecified atom stereocenters. The summed E-state index contributed by atoms with van der Waals surface area (Å²) in [4.78, 5) is 24.7. The number of rotatable bonds is 3. The Morgan fingerprint density at radius 3 is 1.39 bits per heavy atom. The van der Waals surface area contributed by atoms with Crippen molar-refractivity contribution in [3.8, 4) is 11.1 Å². The summed E-state index contributed by atoms with van der Waals surface area (Å²) in [5.41, 5.74) is 3.04. The first-order valence-electron chi connectivity index (χ1n) is 9.12. The normalized spacial score (nSPS) is 10.8. The maximum atomic E-state index is 12.4. The van der Waals surface area contributed by atoms with Crippen LogP contribution in [0.15, 0.2) is 72.8 Å². The molecule has 0 spiro atoms. The van der Waals surface area contributed by atoms with Gasteiger partial charge in [0, 0.05) is 25.2 Å². The van der Waals surface area contributed by atoms with Gasteiger partial charge >= 0.3 is 0 Å². The first-order chi connectivity index (χ1) is 13.6. The largest absolute Gasteiger partial charge is 0.355 e. The van der Waals surface area contributed by atoms with Gasteiger partial charge in [-0.25, -0.2) is 0 Å². The zero-order valence-corrected chi connectivity index (χ0v) is 15.7. The molecular weight excluding hydrogens is 348 g/mol. The van der Waals surface area contributed by atoms with Crippen LogP contribution in [0.2, 0.25) is 0 Å². The molecule has 0 aliphatic rings. The van der Waals surface area contributed by atoms with Gasteiger partial charge in [-0.3, -0.25) is 9.59 Å². The predicted molar refractivity (Wildman–Crippen MR) is 114 cm³/mol. The maximum Gasteiger partial charge on any atom is 0.251 e. The summed E-state index contributed by atoms with van der Waals surface area (Å²) < 4.78 is 0. The molecule has 138 valence electrons. The zero-order chi connectivity index (χ0) is 19.7. The van der Waals surface area contributed by atoms with Crippen LogP contribution >= 0.6 is 0 Å². The number of carbonyl (C=O) groups excluding carboxylic acids is 2. The van der Waals surface area contributed by atoms with Crippen LogP contribution in [0.25, 0.3) is 32.7 Å².